The molecule has 0 saturated carbocycles. The first-order valence-electron chi connectivity index (χ1n) is 8.20. The van der Waals surface area contributed by atoms with E-state index in [2.05, 4.69) is 5.32 Å². The predicted octanol–water partition coefficient (Wildman–Crippen LogP) is 1.77. The minimum atomic E-state index is -0.681. The standard InChI is InChI=1S/C18H17N3O5S/c19-16(24)13-6-8-27-17(13)20-14(22)10-26-18(25)11-3-1-4-12(9-11)21-7-2-5-15(21)23/h1,3-4,6,8-9H,2,5,7,10H2,(H2,19,24)(H,20,22). The van der Waals surface area contributed by atoms with Crippen molar-refractivity contribution >= 4 is 45.7 Å². The van der Waals surface area contributed by atoms with Crippen LogP contribution in [0, 0.1) is 0 Å². The number of hydrogen-bond donors (Lipinski definition) is 2. The average Bonchev–Trinajstić information content (AvgIpc) is 3.28. The molecule has 0 unspecified atom stereocenters. The van der Waals surface area contributed by atoms with Gasteiger partial charge in [-0.3, -0.25) is 14.4 Å². The molecule has 1 aliphatic rings. The Bertz CT molecular complexity index is 908. The van der Waals surface area contributed by atoms with Crippen LogP contribution < -0.4 is 16.0 Å². The molecule has 0 atom stereocenters. The molecular formula is C18H17N3O5S. The highest BCUT2D eigenvalue weighted by molar-refractivity contribution is 7.14. The topological polar surface area (TPSA) is 119 Å². The second-order valence-corrected chi connectivity index (χ2v) is 6.77. The molecular weight excluding hydrogens is 370 g/mol. The Hall–Kier alpha value is -3.20. The fraction of sp³-hybridized carbons (Fsp3) is 0.222. The van der Waals surface area contributed by atoms with Gasteiger partial charge in [0.1, 0.15) is 5.00 Å². The molecule has 8 nitrogen and oxygen atoms in total. The van der Waals surface area contributed by atoms with Gasteiger partial charge in [0.2, 0.25) is 5.91 Å². The van der Waals surface area contributed by atoms with E-state index in [1.807, 2.05) is 0 Å². The summed E-state index contributed by atoms with van der Waals surface area (Å²) >= 11 is 1.14. The lowest BCUT2D eigenvalue weighted by Gasteiger charge is -2.16. The molecule has 0 spiro atoms. The molecule has 2 heterocycles. The molecule has 0 radical (unpaired) electrons. The lowest BCUT2D eigenvalue weighted by Crippen LogP contribution is -2.24. The van der Waals surface area contributed by atoms with E-state index in [-0.39, 0.29) is 17.0 Å². The summed E-state index contributed by atoms with van der Waals surface area (Å²) in [6.07, 6.45) is 1.27. The highest BCUT2D eigenvalue weighted by Gasteiger charge is 2.22. The molecule has 1 aliphatic heterocycles. The van der Waals surface area contributed by atoms with Crippen LogP contribution in [0.3, 0.4) is 0 Å². The normalized spacial score (nSPS) is 13.5. The second kappa shape index (κ2) is 8.00. The molecule has 3 amide bonds. The highest BCUT2D eigenvalue weighted by Crippen LogP contribution is 2.23. The first-order valence-corrected chi connectivity index (χ1v) is 9.08. The molecule has 1 fully saturated rings. The summed E-state index contributed by atoms with van der Waals surface area (Å²) in [7, 11) is 0. The Balaban J connectivity index is 1.59. The zero-order valence-electron chi connectivity index (χ0n) is 14.3. The number of nitrogens with zero attached hydrogens (tertiary/aromatic N) is 1. The van der Waals surface area contributed by atoms with Crippen LogP contribution in [0.1, 0.15) is 33.6 Å². The number of esters is 1. The van der Waals surface area contributed by atoms with Crippen LogP contribution in [-0.4, -0.2) is 36.8 Å². The lowest BCUT2D eigenvalue weighted by atomic mass is 10.2. The molecule has 3 rings (SSSR count). The van der Waals surface area contributed by atoms with Crippen LogP contribution in [0.15, 0.2) is 35.7 Å². The van der Waals surface area contributed by atoms with Gasteiger partial charge in [-0.15, -0.1) is 11.3 Å². The van der Waals surface area contributed by atoms with Crippen molar-refractivity contribution in [1.29, 1.82) is 0 Å². The van der Waals surface area contributed by atoms with Crippen molar-refractivity contribution in [2.75, 3.05) is 23.4 Å². The summed E-state index contributed by atoms with van der Waals surface area (Å²) in [5.74, 6) is -1.91. The van der Waals surface area contributed by atoms with Gasteiger partial charge in [-0.2, -0.15) is 0 Å². The van der Waals surface area contributed by atoms with Crippen LogP contribution in [0.25, 0.3) is 0 Å². The lowest BCUT2D eigenvalue weighted by molar-refractivity contribution is -0.119. The number of hydrogen-bond acceptors (Lipinski definition) is 6. The van der Waals surface area contributed by atoms with E-state index in [9.17, 15) is 19.2 Å². The summed E-state index contributed by atoms with van der Waals surface area (Å²) in [4.78, 5) is 48.8. The van der Waals surface area contributed by atoms with Gasteiger partial charge in [-0.05, 0) is 36.1 Å². The molecule has 0 aliphatic carbocycles. The third-order valence-electron chi connectivity index (χ3n) is 3.98. The van der Waals surface area contributed by atoms with Crippen LogP contribution in [0.5, 0.6) is 0 Å². The van der Waals surface area contributed by atoms with Gasteiger partial charge in [0, 0.05) is 18.7 Å². The molecule has 1 saturated heterocycles. The number of benzene rings is 1. The minimum Gasteiger partial charge on any atom is -0.452 e. The van der Waals surface area contributed by atoms with Crippen molar-refractivity contribution in [1.82, 2.24) is 0 Å². The van der Waals surface area contributed by atoms with E-state index in [1.165, 1.54) is 6.07 Å². The van der Waals surface area contributed by atoms with E-state index in [0.717, 1.165) is 17.8 Å². The first kappa shape index (κ1) is 18.6. The van der Waals surface area contributed by atoms with E-state index in [1.54, 1.807) is 34.5 Å². The van der Waals surface area contributed by atoms with Crippen molar-refractivity contribution in [3.05, 3.63) is 46.8 Å². The maximum atomic E-state index is 12.2. The van der Waals surface area contributed by atoms with Gasteiger partial charge >= 0.3 is 5.97 Å². The number of thiophene rings is 1. The Morgan fingerprint density at radius 3 is 2.78 bits per heavy atom. The number of anilines is 2. The fourth-order valence-corrected chi connectivity index (χ4v) is 3.51. The maximum Gasteiger partial charge on any atom is 0.338 e. The zero-order chi connectivity index (χ0) is 19.4. The van der Waals surface area contributed by atoms with E-state index < -0.39 is 24.4 Å². The van der Waals surface area contributed by atoms with Crippen LogP contribution in [-0.2, 0) is 14.3 Å². The second-order valence-electron chi connectivity index (χ2n) is 5.85. The monoisotopic (exact) mass is 387 g/mol. The number of primary amides is 1. The van der Waals surface area contributed by atoms with Gasteiger partial charge in [-0.25, -0.2) is 4.79 Å². The third-order valence-corrected chi connectivity index (χ3v) is 4.81. The highest BCUT2D eigenvalue weighted by atomic mass is 32.1. The molecule has 140 valence electrons. The van der Waals surface area contributed by atoms with Crippen molar-refractivity contribution in [2.24, 2.45) is 5.73 Å². The SMILES string of the molecule is NC(=O)c1ccsc1NC(=O)COC(=O)c1cccc(N2CCCC2=O)c1. The van der Waals surface area contributed by atoms with Crippen LogP contribution >= 0.6 is 11.3 Å². The van der Waals surface area contributed by atoms with E-state index in [4.69, 9.17) is 10.5 Å². The number of amides is 3. The molecule has 27 heavy (non-hydrogen) atoms. The quantitative estimate of drug-likeness (QED) is 0.732. The van der Waals surface area contributed by atoms with E-state index in [0.29, 0.717) is 23.7 Å². The Morgan fingerprint density at radius 1 is 1.26 bits per heavy atom. The zero-order valence-corrected chi connectivity index (χ0v) is 15.1. The third kappa shape index (κ3) is 4.32. The summed E-state index contributed by atoms with van der Waals surface area (Å²) in [5, 5.41) is 4.41. The van der Waals surface area contributed by atoms with Gasteiger partial charge in [0.25, 0.3) is 11.8 Å². The Labute approximate surface area is 158 Å². The van der Waals surface area contributed by atoms with Crippen molar-refractivity contribution in [3.63, 3.8) is 0 Å². The van der Waals surface area contributed by atoms with Crippen molar-refractivity contribution in [3.8, 4) is 0 Å². The molecule has 9 heteroatoms. The number of carbonyl (C=O) groups is 4. The number of carbonyl (C=O) groups excluding carboxylic acids is 4. The first-order chi connectivity index (χ1) is 13.0. The summed E-state index contributed by atoms with van der Waals surface area (Å²) in [5.41, 5.74) is 6.28. The predicted molar refractivity (Wildman–Crippen MR) is 99.8 cm³/mol. The Morgan fingerprint density at radius 2 is 2.07 bits per heavy atom. The van der Waals surface area contributed by atoms with Gasteiger partial charge in [0.15, 0.2) is 6.61 Å². The van der Waals surface area contributed by atoms with Gasteiger partial charge in [-0.1, -0.05) is 6.07 Å². The molecule has 1 aromatic heterocycles. The minimum absolute atomic E-state index is 0.0149. The van der Waals surface area contributed by atoms with Gasteiger partial charge < -0.3 is 20.7 Å². The van der Waals surface area contributed by atoms with Crippen LogP contribution in [0.2, 0.25) is 0 Å². The van der Waals surface area contributed by atoms with E-state index >= 15 is 0 Å². The fourth-order valence-electron chi connectivity index (χ4n) is 2.70. The summed E-state index contributed by atoms with van der Waals surface area (Å²) < 4.78 is 5.02. The molecule has 2 aromatic rings. The number of rotatable bonds is 6. The van der Waals surface area contributed by atoms with Gasteiger partial charge in [0.05, 0.1) is 11.1 Å². The summed E-state index contributed by atoms with van der Waals surface area (Å²) in [6.45, 7) is 0.102. The largest absolute Gasteiger partial charge is 0.452 e. The average molecular weight is 387 g/mol. The smallest absolute Gasteiger partial charge is 0.338 e. The van der Waals surface area contributed by atoms with Crippen molar-refractivity contribution in [2.45, 2.75) is 12.8 Å². The molecule has 3 N–H and O–H groups in total. The molecule has 0 bridgehead atoms. The maximum absolute atomic E-state index is 12.2. The van der Waals surface area contributed by atoms with Crippen LogP contribution in [0.4, 0.5) is 10.7 Å². The number of nitrogens with one attached hydrogen (secondary N) is 1. The summed E-state index contributed by atoms with van der Waals surface area (Å²) in [6, 6.07) is 8.01. The number of ether oxygens (including phenoxy) is 1. The van der Waals surface area contributed by atoms with Crippen molar-refractivity contribution < 1.29 is 23.9 Å². The Kier molecular flexibility index (Phi) is 5.51. The number of nitrogens with two attached hydrogens (primary N) is 1. The molecule has 1 aromatic carbocycles.